The zero-order valence-electron chi connectivity index (χ0n) is 5.84. The number of alkyl halides is 1. The van der Waals surface area contributed by atoms with E-state index in [9.17, 15) is 4.39 Å². The van der Waals surface area contributed by atoms with Gasteiger partial charge in [0.1, 0.15) is 18.3 Å². The molecule has 0 amide bonds. The molecule has 0 fully saturated rings. The van der Waals surface area contributed by atoms with E-state index in [2.05, 4.69) is 4.98 Å². The van der Waals surface area contributed by atoms with Crippen molar-refractivity contribution in [1.82, 2.24) is 9.55 Å². The highest BCUT2D eigenvalue weighted by molar-refractivity contribution is 5.25. The second kappa shape index (κ2) is 2.68. The third-order valence-electron chi connectivity index (χ3n) is 1.32. The van der Waals surface area contributed by atoms with Crippen molar-refractivity contribution in [3.63, 3.8) is 0 Å². The standard InChI is InChI=1S/C6H10FN3/c1-5-9-6(8)4-10(5)3-2-7/h4H,2-3,8H2,1H3. The molecule has 0 aliphatic carbocycles. The molecule has 3 nitrogen and oxygen atoms in total. The Balaban J connectivity index is 2.81. The molecule has 56 valence electrons. The van der Waals surface area contributed by atoms with Crippen LogP contribution >= 0.6 is 0 Å². The van der Waals surface area contributed by atoms with Crippen LogP contribution in [0, 0.1) is 6.92 Å². The van der Waals surface area contributed by atoms with Crippen molar-refractivity contribution in [2.45, 2.75) is 13.5 Å². The number of nitrogens with two attached hydrogens (primary N) is 1. The summed E-state index contributed by atoms with van der Waals surface area (Å²) in [5.74, 6) is 1.21. The van der Waals surface area contributed by atoms with E-state index in [0.29, 0.717) is 12.4 Å². The quantitative estimate of drug-likeness (QED) is 0.663. The van der Waals surface area contributed by atoms with Crippen molar-refractivity contribution in [2.24, 2.45) is 0 Å². The fourth-order valence-electron chi connectivity index (χ4n) is 0.850. The number of hydrogen-bond donors (Lipinski definition) is 1. The van der Waals surface area contributed by atoms with E-state index in [4.69, 9.17) is 5.73 Å². The lowest BCUT2D eigenvalue weighted by molar-refractivity contribution is 0.442. The van der Waals surface area contributed by atoms with Gasteiger partial charge in [-0.3, -0.25) is 0 Å². The smallest absolute Gasteiger partial charge is 0.141 e. The maximum atomic E-state index is 11.8. The minimum Gasteiger partial charge on any atom is -0.382 e. The van der Waals surface area contributed by atoms with E-state index >= 15 is 0 Å². The molecule has 0 bridgehead atoms. The average molecular weight is 143 g/mol. The third-order valence-corrected chi connectivity index (χ3v) is 1.32. The zero-order valence-corrected chi connectivity index (χ0v) is 5.84. The first kappa shape index (κ1) is 7.05. The summed E-state index contributed by atoms with van der Waals surface area (Å²) in [6.45, 7) is 1.76. The number of anilines is 1. The summed E-state index contributed by atoms with van der Waals surface area (Å²) in [6, 6.07) is 0. The van der Waals surface area contributed by atoms with Crippen LogP contribution in [0.2, 0.25) is 0 Å². The number of hydrogen-bond acceptors (Lipinski definition) is 2. The Morgan fingerprint density at radius 3 is 2.90 bits per heavy atom. The van der Waals surface area contributed by atoms with Gasteiger partial charge in [-0.15, -0.1) is 0 Å². The van der Waals surface area contributed by atoms with Crippen LogP contribution in [0.3, 0.4) is 0 Å². The highest BCUT2D eigenvalue weighted by Gasteiger charge is 1.98. The maximum absolute atomic E-state index is 11.8. The first-order valence-electron chi connectivity index (χ1n) is 3.09. The van der Waals surface area contributed by atoms with Crippen molar-refractivity contribution in [2.75, 3.05) is 12.4 Å². The molecular formula is C6H10FN3. The predicted octanol–water partition coefficient (Wildman–Crippen LogP) is 0.743. The molecule has 1 heterocycles. The van der Waals surface area contributed by atoms with Gasteiger partial charge in [-0.25, -0.2) is 9.37 Å². The Morgan fingerprint density at radius 1 is 1.80 bits per heavy atom. The molecular weight excluding hydrogens is 133 g/mol. The molecule has 0 unspecified atom stereocenters. The molecule has 0 atom stereocenters. The second-order valence-electron chi connectivity index (χ2n) is 2.10. The van der Waals surface area contributed by atoms with Crippen molar-refractivity contribution < 1.29 is 4.39 Å². The first-order valence-corrected chi connectivity index (χ1v) is 3.09. The summed E-state index contributed by atoms with van der Waals surface area (Å²) in [7, 11) is 0. The van der Waals surface area contributed by atoms with Crippen LogP contribution in [0.15, 0.2) is 6.20 Å². The summed E-state index contributed by atoms with van der Waals surface area (Å²) < 4.78 is 13.5. The molecule has 2 N–H and O–H groups in total. The number of aromatic nitrogens is 2. The van der Waals surface area contributed by atoms with Crippen LogP contribution in [0.5, 0.6) is 0 Å². The van der Waals surface area contributed by atoms with Gasteiger partial charge in [-0.1, -0.05) is 0 Å². The lowest BCUT2D eigenvalue weighted by atomic mass is 10.6. The summed E-state index contributed by atoms with van der Waals surface area (Å²) >= 11 is 0. The minimum atomic E-state index is -0.378. The second-order valence-corrected chi connectivity index (χ2v) is 2.10. The number of imidazole rings is 1. The molecule has 1 rings (SSSR count). The predicted molar refractivity (Wildman–Crippen MR) is 37.4 cm³/mol. The Hall–Kier alpha value is -1.06. The van der Waals surface area contributed by atoms with E-state index in [1.165, 1.54) is 0 Å². The number of rotatable bonds is 2. The van der Waals surface area contributed by atoms with Gasteiger partial charge in [-0.2, -0.15) is 0 Å². The molecule has 0 saturated carbocycles. The van der Waals surface area contributed by atoms with E-state index in [0.717, 1.165) is 5.82 Å². The summed E-state index contributed by atoms with van der Waals surface area (Å²) in [4.78, 5) is 3.90. The average Bonchev–Trinajstić information content (AvgIpc) is 2.13. The lowest BCUT2D eigenvalue weighted by Crippen LogP contribution is -1.99. The Kier molecular flexibility index (Phi) is 1.89. The number of nitrogen functional groups attached to an aromatic ring is 1. The monoisotopic (exact) mass is 143 g/mol. The first-order chi connectivity index (χ1) is 4.74. The summed E-state index contributed by atoms with van der Waals surface area (Å²) in [5.41, 5.74) is 5.36. The number of aryl methyl sites for hydroxylation is 2. The topological polar surface area (TPSA) is 43.8 Å². The molecule has 0 radical (unpaired) electrons. The van der Waals surface area contributed by atoms with Crippen LogP contribution in [0.25, 0.3) is 0 Å². The SMILES string of the molecule is Cc1nc(N)cn1CCF. The van der Waals surface area contributed by atoms with Gasteiger partial charge in [0.2, 0.25) is 0 Å². The van der Waals surface area contributed by atoms with E-state index < -0.39 is 0 Å². The van der Waals surface area contributed by atoms with Gasteiger partial charge in [0, 0.05) is 6.20 Å². The van der Waals surface area contributed by atoms with E-state index in [-0.39, 0.29) is 6.67 Å². The van der Waals surface area contributed by atoms with Gasteiger partial charge >= 0.3 is 0 Å². The molecule has 0 saturated heterocycles. The molecule has 0 aliphatic rings. The molecule has 0 aromatic carbocycles. The molecule has 10 heavy (non-hydrogen) atoms. The van der Waals surface area contributed by atoms with Gasteiger partial charge in [0.15, 0.2) is 0 Å². The summed E-state index contributed by atoms with van der Waals surface area (Å²) in [6.07, 6.45) is 1.63. The Morgan fingerprint density at radius 2 is 2.50 bits per heavy atom. The van der Waals surface area contributed by atoms with Crippen LogP contribution in [-0.4, -0.2) is 16.2 Å². The van der Waals surface area contributed by atoms with Gasteiger partial charge in [-0.05, 0) is 6.92 Å². The molecule has 1 aromatic heterocycles. The van der Waals surface area contributed by atoms with Gasteiger partial charge in [0.05, 0.1) is 6.54 Å². The highest BCUT2D eigenvalue weighted by Crippen LogP contribution is 2.02. The minimum absolute atomic E-state index is 0.343. The third kappa shape index (κ3) is 1.26. The fraction of sp³-hybridized carbons (Fsp3) is 0.500. The fourth-order valence-corrected chi connectivity index (χ4v) is 0.850. The lowest BCUT2D eigenvalue weighted by Gasteiger charge is -1.97. The van der Waals surface area contributed by atoms with Gasteiger partial charge in [0.25, 0.3) is 0 Å². The highest BCUT2D eigenvalue weighted by atomic mass is 19.1. The molecule has 4 heteroatoms. The Bertz CT molecular complexity index is 219. The number of halogens is 1. The van der Waals surface area contributed by atoms with Crippen molar-refractivity contribution in [1.29, 1.82) is 0 Å². The Labute approximate surface area is 58.7 Å². The maximum Gasteiger partial charge on any atom is 0.141 e. The molecule has 0 aliphatic heterocycles. The van der Waals surface area contributed by atoms with Crippen molar-refractivity contribution >= 4 is 5.82 Å². The van der Waals surface area contributed by atoms with Crippen LogP contribution in [0.4, 0.5) is 10.2 Å². The van der Waals surface area contributed by atoms with E-state index in [1.54, 1.807) is 17.7 Å². The summed E-state index contributed by atoms with van der Waals surface area (Å²) in [5, 5.41) is 0. The number of nitrogens with zero attached hydrogens (tertiary/aromatic N) is 2. The van der Waals surface area contributed by atoms with Crippen LogP contribution < -0.4 is 5.73 Å². The van der Waals surface area contributed by atoms with Crippen molar-refractivity contribution in [3.8, 4) is 0 Å². The molecule has 1 aromatic rings. The van der Waals surface area contributed by atoms with Crippen molar-refractivity contribution in [3.05, 3.63) is 12.0 Å². The van der Waals surface area contributed by atoms with Gasteiger partial charge < -0.3 is 10.3 Å². The van der Waals surface area contributed by atoms with E-state index in [1.807, 2.05) is 0 Å². The van der Waals surface area contributed by atoms with Crippen LogP contribution in [-0.2, 0) is 6.54 Å². The normalized spacial score (nSPS) is 10.2. The molecule has 0 spiro atoms. The van der Waals surface area contributed by atoms with Crippen LogP contribution in [0.1, 0.15) is 5.82 Å². The zero-order chi connectivity index (χ0) is 7.56. The largest absolute Gasteiger partial charge is 0.382 e.